The molecule has 0 saturated carbocycles. The average molecular weight is 827 g/mol. The number of unbranched alkanes of at least 4 members (excludes halogenated alkanes) is 27. The van der Waals surface area contributed by atoms with Crippen molar-refractivity contribution >= 4 is 17.9 Å². The van der Waals surface area contributed by atoms with Crippen LogP contribution in [0.4, 0.5) is 0 Å². The van der Waals surface area contributed by atoms with Crippen LogP contribution >= 0.6 is 0 Å². The minimum atomic E-state index is -0.807. The van der Waals surface area contributed by atoms with Crippen molar-refractivity contribution in [2.75, 3.05) is 13.2 Å². The molecule has 0 saturated heterocycles. The van der Waals surface area contributed by atoms with Gasteiger partial charge in [0.25, 0.3) is 0 Å². The van der Waals surface area contributed by atoms with Crippen LogP contribution in [0.1, 0.15) is 252 Å². The third-order valence-corrected chi connectivity index (χ3v) is 10.9. The molecule has 0 aromatic heterocycles. The maximum Gasteiger partial charge on any atom is 0.309 e. The number of hydrogen-bond donors (Lipinski definition) is 0. The zero-order valence-corrected chi connectivity index (χ0v) is 39.0. The molecular weight excluding hydrogens is 733 g/mol. The van der Waals surface area contributed by atoms with Crippen molar-refractivity contribution in [1.29, 1.82) is 0 Å². The van der Waals surface area contributed by atoms with Gasteiger partial charge in [0.15, 0.2) is 6.10 Å². The Hall–Kier alpha value is -2.63. The van der Waals surface area contributed by atoms with Crippen molar-refractivity contribution in [2.24, 2.45) is 0 Å². The van der Waals surface area contributed by atoms with Gasteiger partial charge in [-0.2, -0.15) is 0 Å². The summed E-state index contributed by atoms with van der Waals surface area (Å²) in [5.41, 5.74) is 0. The summed E-state index contributed by atoms with van der Waals surface area (Å²) >= 11 is 0. The number of rotatable bonds is 45. The van der Waals surface area contributed by atoms with Gasteiger partial charge >= 0.3 is 17.9 Å². The van der Waals surface area contributed by atoms with Gasteiger partial charge in [-0.1, -0.05) is 223 Å². The van der Waals surface area contributed by atoms with Crippen LogP contribution in [0.25, 0.3) is 0 Å². The highest BCUT2D eigenvalue weighted by atomic mass is 16.6. The molecule has 342 valence electrons. The molecule has 0 aromatic carbocycles. The topological polar surface area (TPSA) is 78.9 Å². The molecule has 0 aromatic rings. The van der Waals surface area contributed by atoms with Crippen LogP contribution in [0.5, 0.6) is 0 Å². The number of hydrogen-bond acceptors (Lipinski definition) is 6. The number of ether oxygens (including phenoxy) is 3. The van der Waals surface area contributed by atoms with Crippen LogP contribution in [0.3, 0.4) is 0 Å². The third kappa shape index (κ3) is 46.3. The molecule has 0 N–H and O–H groups in total. The Bertz CT molecular complexity index is 1040. The van der Waals surface area contributed by atoms with Gasteiger partial charge in [0.2, 0.25) is 0 Å². The summed E-state index contributed by atoms with van der Waals surface area (Å²) in [6.07, 6.45) is 57.0. The predicted molar refractivity (Wildman–Crippen MR) is 252 cm³/mol. The fraction of sp³-hybridized carbons (Fsp3) is 0.792. The van der Waals surface area contributed by atoms with Gasteiger partial charge < -0.3 is 14.2 Å². The quantitative estimate of drug-likeness (QED) is 0.0263. The maximum atomic E-state index is 12.8. The molecule has 1 atom stereocenters. The third-order valence-electron chi connectivity index (χ3n) is 10.9. The molecule has 1 unspecified atom stereocenters. The predicted octanol–water partition coefficient (Wildman–Crippen LogP) is 16.3. The second kappa shape index (κ2) is 48.0. The maximum absolute atomic E-state index is 12.8. The van der Waals surface area contributed by atoms with Crippen LogP contribution < -0.4 is 0 Å². The van der Waals surface area contributed by atoms with E-state index in [1.165, 1.54) is 148 Å². The largest absolute Gasteiger partial charge is 0.462 e. The number of esters is 3. The average Bonchev–Trinajstić information content (AvgIpc) is 3.23. The Kier molecular flexibility index (Phi) is 45.9. The lowest BCUT2D eigenvalue weighted by atomic mass is 10.0. The summed E-state index contributed by atoms with van der Waals surface area (Å²) in [5.74, 6) is -1.03. The SMILES string of the molecule is CC/C=C\C/C=C\C/C=C\CC(=O)OCC(COC(=O)CCCCCCC/C=C\CCCCCCCCC)OC(=O)CCCCCCCCCCCCCCCCCC. The Morgan fingerprint density at radius 1 is 0.373 bits per heavy atom. The highest BCUT2D eigenvalue weighted by Gasteiger charge is 2.19. The Morgan fingerprint density at radius 3 is 1.17 bits per heavy atom. The second-order valence-electron chi connectivity index (χ2n) is 16.7. The Morgan fingerprint density at radius 2 is 0.729 bits per heavy atom. The van der Waals surface area contributed by atoms with E-state index in [4.69, 9.17) is 14.2 Å². The first-order valence-electron chi connectivity index (χ1n) is 25.1. The minimum Gasteiger partial charge on any atom is -0.462 e. The normalized spacial score (nSPS) is 12.4. The lowest BCUT2D eigenvalue weighted by Crippen LogP contribution is -2.30. The summed E-state index contributed by atoms with van der Waals surface area (Å²) in [4.78, 5) is 37.8. The summed E-state index contributed by atoms with van der Waals surface area (Å²) in [5, 5.41) is 0. The lowest BCUT2D eigenvalue weighted by Gasteiger charge is -2.18. The number of allylic oxidation sites excluding steroid dienone is 7. The minimum absolute atomic E-state index is 0.102. The molecule has 0 aliphatic carbocycles. The van der Waals surface area contributed by atoms with Gasteiger partial charge in [0.05, 0.1) is 6.42 Å². The van der Waals surface area contributed by atoms with Gasteiger partial charge in [-0.3, -0.25) is 14.4 Å². The van der Waals surface area contributed by atoms with Crippen LogP contribution in [-0.2, 0) is 28.6 Å². The van der Waals surface area contributed by atoms with Gasteiger partial charge in [0.1, 0.15) is 13.2 Å². The molecule has 0 rings (SSSR count). The van der Waals surface area contributed by atoms with Crippen molar-refractivity contribution in [3.63, 3.8) is 0 Å². The first-order valence-corrected chi connectivity index (χ1v) is 25.1. The van der Waals surface area contributed by atoms with Gasteiger partial charge in [-0.25, -0.2) is 0 Å². The smallest absolute Gasteiger partial charge is 0.309 e. The summed E-state index contributed by atoms with van der Waals surface area (Å²) in [6, 6.07) is 0. The van der Waals surface area contributed by atoms with Crippen LogP contribution in [-0.4, -0.2) is 37.2 Å². The monoisotopic (exact) mass is 827 g/mol. The molecule has 0 aliphatic heterocycles. The van der Waals surface area contributed by atoms with E-state index in [2.05, 4.69) is 57.2 Å². The van der Waals surface area contributed by atoms with E-state index in [-0.39, 0.29) is 31.6 Å². The van der Waals surface area contributed by atoms with Crippen molar-refractivity contribution in [3.8, 4) is 0 Å². The van der Waals surface area contributed by atoms with Crippen molar-refractivity contribution in [3.05, 3.63) is 48.6 Å². The molecule has 0 spiro atoms. The second-order valence-corrected chi connectivity index (χ2v) is 16.7. The summed E-state index contributed by atoms with van der Waals surface area (Å²) < 4.78 is 16.6. The highest BCUT2D eigenvalue weighted by Crippen LogP contribution is 2.15. The van der Waals surface area contributed by atoms with E-state index < -0.39 is 12.1 Å². The molecule has 6 nitrogen and oxygen atoms in total. The van der Waals surface area contributed by atoms with Crippen LogP contribution in [0, 0.1) is 0 Å². The van der Waals surface area contributed by atoms with Crippen molar-refractivity contribution in [2.45, 2.75) is 258 Å². The van der Waals surface area contributed by atoms with E-state index in [9.17, 15) is 14.4 Å². The number of carbonyl (C=O) groups is 3. The van der Waals surface area contributed by atoms with Gasteiger partial charge in [0, 0.05) is 12.8 Å². The molecular formula is C53H94O6. The van der Waals surface area contributed by atoms with Crippen LogP contribution in [0.2, 0.25) is 0 Å². The fourth-order valence-corrected chi connectivity index (χ4v) is 7.09. The Balaban J connectivity index is 4.36. The van der Waals surface area contributed by atoms with E-state index in [1.54, 1.807) is 6.08 Å². The van der Waals surface area contributed by atoms with Crippen molar-refractivity contribution < 1.29 is 28.6 Å². The summed E-state index contributed by atoms with van der Waals surface area (Å²) in [7, 11) is 0. The molecule has 0 heterocycles. The van der Waals surface area contributed by atoms with E-state index in [0.29, 0.717) is 12.8 Å². The zero-order chi connectivity index (χ0) is 43.0. The molecule has 0 bridgehead atoms. The molecule has 6 heteroatoms. The summed E-state index contributed by atoms with van der Waals surface area (Å²) in [6.45, 7) is 6.43. The number of carbonyl (C=O) groups excluding carboxylic acids is 3. The van der Waals surface area contributed by atoms with Gasteiger partial charge in [-0.05, 0) is 57.8 Å². The van der Waals surface area contributed by atoms with E-state index in [1.807, 2.05) is 6.08 Å². The first-order chi connectivity index (χ1) is 29.0. The Labute approximate surface area is 365 Å². The lowest BCUT2D eigenvalue weighted by molar-refractivity contribution is -0.166. The highest BCUT2D eigenvalue weighted by molar-refractivity contribution is 5.72. The van der Waals surface area contributed by atoms with E-state index >= 15 is 0 Å². The fourth-order valence-electron chi connectivity index (χ4n) is 7.09. The van der Waals surface area contributed by atoms with Crippen LogP contribution in [0.15, 0.2) is 48.6 Å². The van der Waals surface area contributed by atoms with Gasteiger partial charge in [-0.15, -0.1) is 0 Å². The first kappa shape index (κ1) is 56.4. The molecule has 0 radical (unpaired) electrons. The van der Waals surface area contributed by atoms with Crippen molar-refractivity contribution in [1.82, 2.24) is 0 Å². The molecule has 0 amide bonds. The standard InChI is InChI=1S/C53H94O6/c1-4-7-10-13-16-19-21-23-25-27-29-31-34-37-40-43-46-52(55)58-49-50(48-57-51(54)45-42-39-36-33-18-15-12-9-6-3)59-53(56)47-44-41-38-35-32-30-28-26-24-22-20-17-14-11-8-5-2/h9,12,18,25,27,33,39,42,50H,4-8,10-11,13-17,19-24,26,28-32,34-38,40-41,43-49H2,1-3H3/b12-9-,27-25-,33-18-,42-39-. The molecule has 0 aliphatic rings. The molecule has 0 fully saturated rings. The zero-order valence-electron chi connectivity index (χ0n) is 39.0. The van der Waals surface area contributed by atoms with E-state index in [0.717, 1.165) is 64.2 Å². The molecule has 59 heavy (non-hydrogen) atoms.